The van der Waals surface area contributed by atoms with Crippen LogP contribution in [0.25, 0.3) is 0 Å². The molecule has 0 aliphatic rings. The first-order chi connectivity index (χ1) is 5.63. The van der Waals surface area contributed by atoms with E-state index in [1.165, 1.54) is 0 Å². The number of nitrogens with zero attached hydrogens (tertiary/aromatic N) is 3. The second-order valence-electron chi connectivity index (χ2n) is 2.44. The molecule has 3 N–H and O–H groups in total. The second-order valence-corrected chi connectivity index (χ2v) is 2.44. The van der Waals surface area contributed by atoms with Gasteiger partial charge in [0.1, 0.15) is 5.82 Å². The Morgan fingerprint density at radius 3 is 2.83 bits per heavy atom. The summed E-state index contributed by atoms with van der Waals surface area (Å²) in [4.78, 5) is 14.8. The number of hydrogen-bond donors (Lipinski definition) is 2. The molecule has 1 aromatic rings. The molecule has 1 aromatic heterocycles. The van der Waals surface area contributed by atoms with Crippen molar-refractivity contribution in [1.29, 1.82) is 0 Å². The van der Waals surface area contributed by atoms with Crippen molar-refractivity contribution in [3.63, 3.8) is 0 Å². The summed E-state index contributed by atoms with van der Waals surface area (Å²) in [5.41, 5.74) is 2.01. The normalized spacial score (nSPS) is 9.92. The number of nitrogens with two attached hydrogens (primary N) is 1. The molecule has 1 heterocycles. The molecule has 66 valence electrons. The van der Waals surface area contributed by atoms with Crippen LogP contribution in [0, 0.1) is 6.92 Å². The summed E-state index contributed by atoms with van der Waals surface area (Å²) in [5.74, 6) is 5.87. The number of aromatic nitrogens is 3. The Labute approximate surface area is 69.7 Å². The third-order valence-corrected chi connectivity index (χ3v) is 1.50. The van der Waals surface area contributed by atoms with Gasteiger partial charge in [-0.2, -0.15) is 5.10 Å². The van der Waals surface area contributed by atoms with Crippen LogP contribution in [-0.4, -0.2) is 20.7 Å². The number of carbonyl (C=O) groups is 1. The summed E-state index contributed by atoms with van der Waals surface area (Å²) in [7, 11) is 1.77. The molecular formula is C6H11N5O. The van der Waals surface area contributed by atoms with Crippen LogP contribution in [0.2, 0.25) is 0 Å². The third kappa shape index (κ3) is 1.79. The van der Waals surface area contributed by atoms with Crippen LogP contribution in [0.5, 0.6) is 0 Å². The summed E-state index contributed by atoms with van der Waals surface area (Å²) in [5, 5.41) is 3.99. The Balaban J connectivity index is 2.70. The molecular weight excluding hydrogens is 158 g/mol. The van der Waals surface area contributed by atoms with Crippen LogP contribution in [-0.2, 0) is 18.3 Å². The predicted molar refractivity (Wildman–Crippen MR) is 41.8 cm³/mol. The summed E-state index contributed by atoms with van der Waals surface area (Å²) in [6, 6.07) is 0. The van der Waals surface area contributed by atoms with Crippen LogP contribution in [0.15, 0.2) is 0 Å². The van der Waals surface area contributed by atoms with Gasteiger partial charge in [0.05, 0.1) is 6.42 Å². The first-order valence-corrected chi connectivity index (χ1v) is 3.49. The summed E-state index contributed by atoms with van der Waals surface area (Å²) >= 11 is 0. The fraction of sp³-hybridized carbons (Fsp3) is 0.500. The smallest absolute Gasteiger partial charge is 0.241 e. The van der Waals surface area contributed by atoms with Crippen LogP contribution < -0.4 is 11.3 Å². The minimum Gasteiger partial charge on any atom is -0.294 e. The third-order valence-electron chi connectivity index (χ3n) is 1.50. The topological polar surface area (TPSA) is 85.8 Å². The molecule has 0 aliphatic carbocycles. The van der Waals surface area contributed by atoms with Crippen LogP contribution in [0.1, 0.15) is 11.6 Å². The van der Waals surface area contributed by atoms with Crippen molar-refractivity contribution in [2.75, 3.05) is 0 Å². The average Bonchev–Trinajstić information content (AvgIpc) is 2.31. The van der Waals surface area contributed by atoms with Crippen molar-refractivity contribution in [2.24, 2.45) is 12.9 Å². The molecule has 6 nitrogen and oxygen atoms in total. The van der Waals surface area contributed by atoms with E-state index in [2.05, 4.69) is 10.1 Å². The molecule has 0 saturated heterocycles. The molecule has 6 heteroatoms. The van der Waals surface area contributed by atoms with Crippen molar-refractivity contribution < 1.29 is 4.79 Å². The minimum absolute atomic E-state index is 0.123. The average molecular weight is 169 g/mol. The van der Waals surface area contributed by atoms with E-state index in [1.54, 1.807) is 11.7 Å². The summed E-state index contributed by atoms with van der Waals surface area (Å²) < 4.78 is 1.61. The Hall–Kier alpha value is -1.43. The van der Waals surface area contributed by atoms with Gasteiger partial charge in [-0.15, -0.1) is 0 Å². The van der Waals surface area contributed by atoms with Gasteiger partial charge in [-0.05, 0) is 6.92 Å². The van der Waals surface area contributed by atoms with Crippen molar-refractivity contribution >= 4 is 5.91 Å². The van der Waals surface area contributed by atoms with Gasteiger partial charge in [0.15, 0.2) is 5.82 Å². The highest BCUT2D eigenvalue weighted by molar-refractivity contribution is 5.76. The molecule has 0 unspecified atom stereocenters. The lowest BCUT2D eigenvalue weighted by molar-refractivity contribution is -0.120. The molecule has 0 radical (unpaired) electrons. The lowest BCUT2D eigenvalue weighted by Gasteiger charge is -1.92. The molecule has 0 atom stereocenters. The van der Waals surface area contributed by atoms with Crippen molar-refractivity contribution in [1.82, 2.24) is 20.2 Å². The van der Waals surface area contributed by atoms with Crippen molar-refractivity contribution in [3.8, 4) is 0 Å². The number of amides is 1. The lowest BCUT2D eigenvalue weighted by Crippen LogP contribution is -2.31. The molecule has 1 amide bonds. The maximum absolute atomic E-state index is 10.8. The summed E-state index contributed by atoms with van der Waals surface area (Å²) in [6.45, 7) is 1.82. The van der Waals surface area contributed by atoms with E-state index < -0.39 is 0 Å². The van der Waals surface area contributed by atoms with E-state index in [0.717, 1.165) is 5.82 Å². The highest BCUT2D eigenvalue weighted by atomic mass is 16.2. The highest BCUT2D eigenvalue weighted by Gasteiger charge is 2.07. The Bertz CT molecular complexity index is 273. The zero-order valence-corrected chi connectivity index (χ0v) is 7.03. The van der Waals surface area contributed by atoms with E-state index >= 15 is 0 Å². The van der Waals surface area contributed by atoms with Crippen molar-refractivity contribution in [2.45, 2.75) is 13.3 Å². The largest absolute Gasteiger partial charge is 0.294 e. The Morgan fingerprint density at radius 1 is 1.75 bits per heavy atom. The van der Waals surface area contributed by atoms with E-state index in [4.69, 9.17) is 5.84 Å². The number of rotatable bonds is 2. The fourth-order valence-electron chi connectivity index (χ4n) is 0.797. The summed E-state index contributed by atoms with van der Waals surface area (Å²) in [6.07, 6.45) is 0.123. The van der Waals surface area contributed by atoms with E-state index in [9.17, 15) is 4.79 Å². The number of carbonyl (C=O) groups excluding carboxylic acids is 1. The second kappa shape index (κ2) is 3.31. The van der Waals surface area contributed by atoms with E-state index in [0.29, 0.717) is 5.82 Å². The van der Waals surface area contributed by atoms with Crippen LogP contribution in [0.4, 0.5) is 0 Å². The lowest BCUT2D eigenvalue weighted by atomic mass is 10.4. The van der Waals surface area contributed by atoms with E-state index in [-0.39, 0.29) is 12.3 Å². The number of nitrogens with one attached hydrogen (secondary N) is 1. The van der Waals surface area contributed by atoms with Gasteiger partial charge in [-0.1, -0.05) is 0 Å². The minimum atomic E-state index is -0.291. The molecule has 1 rings (SSSR count). The molecule has 0 aromatic carbocycles. The maximum Gasteiger partial charge on any atom is 0.241 e. The Kier molecular flexibility index (Phi) is 2.39. The molecule has 0 saturated carbocycles. The molecule has 0 bridgehead atoms. The SMILES string of the molecule is Cc1nc(CC(=O)NN)nn1C. The van der Waals surface area contributed by atoms with Gasteiger partial charge in [0.2, 0.25) is 5.91 Å². The van der Waals surface area contributed by atoms with Crippen molar-refractivity contribution in [3.05, 3.63) is 11.6 Å². The highest BCUT2D eigenvalue weighted by Crippen LogP contribution is 1.94. The molecule has 12 heavy (non-hydrogen) atoms. The Morgan fingerprint density at radius 2 is 2.42 bits per heavy atom. The van der Waals surface area contributed by atoms with Crippen LogP contribution >= 0.6 is 0 Å². The molecule has 0 aliphatic heterocycles. The quantitative estimate of drug-likeness (QED) is 0.326. The van der Waals surface area contributed by atoms with Gasteiger partial charge in [-0.25, -0.2) is 10.8 Å². The zero-order valence-electron chi connectivity index (χ0n) is 7.03. The van der Waals surface area contributed by atoms with Gasteiger partial charge in [0, 0.05) is 7.05 Å². The van der Waals surface area contributed by atoms with Crippen LogP contribution in [0.3, 0.4) is 0 Å². The number of aryl methyl sites for hydroxylation is 2. The molecule has 0 spiro atoms. The standard InChI is InChI=1S/C6H11N5O/c1-4-8-5(10-11(4)2)3-6(12)9-7/h3,7H2,1-2H3,(H,9,12). The molecule has 0 fully saturated rings. The first kappa shape index (κ1) is 8.66. The number of hydrazine groups is 1. The van der Waals surface area contributed by atoms with Gasteiger partial charge < -0.3 is 0 Å². The van der Waals surface area contributed by atoms with Gasteiger partial charge >= 0.3 is 0 Å². The van der Waals surface area contributed by atoms with E-state index in [1.807, 2.05) is 12.3 Å². The first-order valence-electron chi connectivity index (χ1n) is 3.49. The monoisotopic (exact) mass is 169 g/mol. The maximum atomic E-state index is 10.8. The van der Waals surface area contributed by atoms with Gasteiger partial charge in [-0.3, -0.25) is 14.9 Å². The predicted octanol–water partition coefficient (Wildman–Crippen LogP) is -1.34. The number of hydrogen-bond acceptors (Lipinski definition) is 4. The van der Waals surface area contributed by atoms with Gasteiger partial charge in [0.25, 0.3) is 0 Å². The zero-order chi connectivity index (χ0) is 9.14. The fourth-order valence-corrected chi connectivity index (χ4v) is 0.797.